The molecule has 0 amide bonds. The fourth-order valence-electron chi connectivity index (χ4n) is 2.64. The number of nitrogens with zero attached hydrogens (tertiary/aromatic N) is 1. The molecular formula is C17H14N2O4. The number of aliphatic hydroxyl groups excluding tert-OH is 1. The first-order chi connectivity index (χ1) is 11.0. The fraction of sp³-hybridized carbons (Fsp3) is 0.176. The summed E-state index contributed by atoms with van der Waals surface area (Å²) >= 11 is 0. The first-order valence-electron chi connectivity index (χ1n) is 6.97. The van der Waals surface area contributed by atoms with E-state index in [0.29, 0.717) is 0 Å². The first kappa shape index (κ1) is 14.9. The zero-order valence-corrected chi connectivity index (χ0v) is 12.4. The van der Waals surface area contributed by atoms with Gasteiger partial charge in [0.25, 0.3) is 0 Å². The summed E-state index contributed by atoms with van der Waals surface area (Å²) in [5.74, 6) is -0.533. The van der Waals surface area contributed by atoms with Crippen LogP contribution in [0.25, 0.3) is 0 Å². The summed E-state index contributed by atoms with van der Waals surface area (Å²) in [6.45, 7) is 1.49. The van der Waals surface area contributed by atoms with Crippen LogP contribution in [0.3, 0.4) is 0 Å². The maximum atomic E-state index is 12.2. The number of nitriles is 1. The van der Waals surface area contributed by atoms with Gasteiger partial charge in [-0.15, -0.1) is 0 Å². The number of fused-ring (bicyclic) bond motifs is 1. The van der Waals surface area contributed by atoms with Crippen LogP contribution < -0.4 is 15.9 Å². The number of nitrogens with two attached hydrogens (primary N) is 1. The van der Waals surface area contributed by atoms with Crippen LogP contribution in [0.4, 0.5) is 0 Å². The molecule has 6 nitrogen and oxygen atoms in total. The Balaban J connectivity index is 2.31. The zero-order chi connectivity index (χ0) is 16.6. The van der Waals surface area contributed by atoms with Gasteiger partial charge in [0.2, 0.25) is 17.1 Å². The number of ether oxygens (including phenoxy) is 1. The van der Waals surface area contributed by atoms with E-state index >= 15 is 0 Å². The van der Waals surface area contributed by atoms with Gasteiger partial charge in [0.05, 0.1) is 5.92 Å². The molecule has 1 aliphatic rings. The van der Waals surface area contributed by atoms with E-state index < -0.39 is 18.0 Å². The molecule has 1 aromatic heterocycles. The second kappa shape index (κ2) is 5.63. The average Bonchev–Trinajstić information content (AvgIpc) is 2.54. The summed E-state index contributed by atoms with van der Waals surface area (Å²) in [6.07, 6.45) is 0. The van der Waals surface area contributed by atoms with Crippen molar-refractivity contribution in [1.82, 2.24) is 0 Å². The minimum atomic E-state index is -0.650. The summed E-state index contributed by atoms with van der Waals surface area (Å²) in [5, 5.41) is 18.7. The summed E-state index contributed by atoms with van der Waals surface area (Å²) in [6, 6.07) is 10.6. The topological polar surface area (TPSA) is 109 Å². The predicted octanol–water partition coefficient (Wildman–Crippen LogP) is 1.66. The van der Waals surface area contributed by atoms with E-state index in [4.69, 9.17) is 14.9 Å². The van der Waals surface area contributed by atoms with Crippen molar-refractivity contribution >= 4 is 0 Å². The van der Waals surface area contributed by atoms with Crippen molar-refractivity contribution < 1.29 is 14.3 Å². The molecule has 0 unspecified atom stereocenters. The molecule has 0 aliphatic carbocycles. The van der Waals surface area contributed by atoms with Crippen molar-refractivity contribution in [2.45, 2.75) is 19.4 Å². The Labute approximate surface area is 132 Å². The molecule has 0 spiro atoms. The molecule has 23 heavy (non-hydrogen) atoms. The van der Waals surface area contributed by atoms with Crippen molar-refractivity contribution in [3.05, 3.63) is 74.7 Å². The van der Waals surface area contributed by atoms with Gasteiger partial charge < -0.3 is 20.0 Å². The summed E-state index contributed by atoms with van der Waals surface area (Å²) in [5.41, 5.74) is 7.28. The van der Waals surface area contributed by atoms with Crippen LogP contribution in [0, 0.1) is 18.3 Å². The number of aliphatic hydroxyl groups is 1. The normalized spacial score (nSPS) is 16.5. The maximum Gasteiger partial charge on any atom is 0.228 e. The van der Waals surface area contributed by atoms with Crippen molar-refractivity contribution in [3.63, 3.8) is 0 Å². The van der Waals surface area contributed by atoms with E-state index in [2.05, 4.69) is 0 Å². The standard InChI is InChI=1S/C17H14N2O4/c1-9-3-2-4-10(5-9)14-12(7-18)17(19)23-15-13(21)6-11(8-20)22-16(14)15/h2-6,14,20H,8,19H2,1H3/t14-/m1/s1. The molecule has 3 N–H and O–H groups in total. The summed E-state index contributed by atoms with van der Waals surface area (Å²) < 4.78 is 10.9. The van der Waals surface area contributed by atoms with E-state index in [0.717, 1.165) is 17.2 Å². The number of aryl methyl sites for hydroxylation is 1. The van der Waals surface area contributed by atoms with Gasteiger partial charge in [0, 0.05) is 6.07 Å². The minimum absolute atomic E-state index is 0.0507. The number of allylic oxidation sites excluding steroid dienone is 1. The molecule has 0 fully saturated rings. The molecule has 3 rings (SSSR count). The molecule has 116 valence electrons. The Morgan fingerprint density at radius 1 is 1.39 bits per heavy atom. The number of rotatable bonds is 2. The highest BCUT2D eigenvalue weighted by molar-refractivity contribution is 5.52. The first-order valence-corrected chi connectivity index (χ1v) is 6.97. The highest BCUT2D eigenvalue weighted by Gasteiger charge is 2.35. The Hall–Kier alpha value is -3.04. The highest BCUT2D eigenvalue weighted by atomic mass is 16.5. The van der Waals surface area contributed by atoms with Gasteiger partial charge >= 0.3 is 0 Å². The van der Waals surface area contributed by atoms with Crippen molar-refractivity contribution in [3.8, 4) is 11.8 Å². The Kier molecular flexibility index (Phi) is 3.64. The smallest absolute Gasteiger partial charge is 0.228 e. The summed E-state index contributed by atoms with van der Waals surface area (Å²) in [7, 11) is 0. The van der Waals surface area contributed by atoms with Crippen LogP contribution in [0.2, 0.25) is 0 Å². The van der Waals surface area contributed by atoms with Gasteiger partial charge in [-0.1, -0.05) is 29.8 Å². The lowest BCUT2D eigenvalue weighted by Crippen LogP contribution is -2.25. The maximum absolute atomic E-state index is 12.2. The van der Waals surface area contributed by atoms with Crippen LogP contribution in [0.15, 0.2) is 51.0 Å². The molecule has 0 saturated carbocycles. The van der Waals surface area contributed by atoms with Gasteiger partial charge in [0.1, 0.15) is 24.0 Å². The number of hydrogen-bond donors (Lipinski definition) is 2. The summed E-state index contributed by atoms with van der Waals surface area (Å²) in [4.78, 5) is 12.2. The van der Waals surface area contributed by atoms with E-state index in [1.165, 1.54) is 0 Å². The third kappa shape index (κ3) is 2.47. The van der Waals surface area contributed by atoms with Crippen LogP contribution in [-0.2, 0) is 6.61 Å². The second-order valence-corrected chi connectivity index (χ2v) is 5.27. The van der Waals surface area contributed by atoms with Crippen molar-refractivity contribution in [2.75, 3.05) is 0 Å². The van der Waals surface area contributed by atoms with Crippen molar-refractivity contribution in [1.29, 1.82) is 5.26 Å². The SMILES string of the molecule is Cc1cccc([C@@H]2C(C#N)=C(N)Oc3c2oc(CO)cc3=O)c1. The largest absolute Gasteiger partial charge is 0.458 e. The third-order valence-electron chi connectivity index (χ3n) is 3.66. The lowest BCUT2D eigenvalue weighted by atomic mass is 9.87. The number of hydrogen-bond acceptors (Lipinski definition) is 6. The van der Waals surface area contributed by atoms with E-state index in [1.807, 2.05) is 37.3 Å². The quantitative estimate of drug-likeness (QED) is 0.873. The van der Waals surface area contributed by atoms with Gasteiger partial charge in [-0.2, -0.15) is 5.26 Å². The number of benzene rings is 1. The van der Waals surface area contributed by atoms with Crippen molar-refractivity contribution in [2.24, 2.45) is 5.73 Å². The predicted molar refractivity (Wildman–Crippen MR) is 81.4 cm³/mol. The molecule has 2 heterocycles. The van der Waals surface area contributed by atoms with Gasteiger partial charge in [-0.05, 0) is 12.5 Å². The van der Waals surface area contributed by atoms with Crippen LogP contribution >= 0.6 is 0 Å². The van der Waals surface area contributed by atoms with Crippen LogP contribution in [0.1, 0.15) is 28.6 Å². The molecule has 1 aliphatic heterocycles. The van der Waals surface area contributed by atoms with E-state index in [-0.39, 0.29) is 28.7 Å². The Morgan fingerprint density at radius 2 is 2.17 bits per heavy atom. The Bertz CT molecular complexity index is 906. The fourth-order valence-corrected chi connectivity index (χ4v) is 2.64. The minimum Gasteiger partial charge on any atom is -0.458 e. The molecule has 1 atom stereocenters. The van der Waals surface area contributed by atoms with Crippen LogP contribution in [0.5, 0.6) is 5.75 Å². The zero-order valence-electron chi connectivity index (χ0n) is 12.4. The van der Waals surface area contributed by atoms with Crippen LogP contribution in [-0.4, -0.2) is 5.11 Å². The highest BCUT2D eigenvalue weighted by Crippen LogP contribution is 2.40. The lowest BCUT2D eigenvalue weighted by molar-refractivity contribution is 0.231. The average molecular weight is 310 g/mol. The molecular weight excluding hydrogens is 296 g/mol. The third-order valence-corrected chi connectivity index (χ3v) is 3.66. The van der Waals surface area contributed by atoms with E-state index in [9.17, 15) is 15.2 Å². The Morgan fingerprint density at radius 3 is 2.83 bits per heavy atom. The molecule has 6 heteroatoms. The molecule has 0 radical (unpaired) electrons. The van der Waals surface area contributed by atoms with Gasteiger partial charge in [0.15, 0.2) is 5.76 Å². The van der Waals surface area contributed by atoms with Gasteiger partial charge in [-0.3, -0.25) is 4.79 Å². The molecule has 0 saturated heterocycles. The lowest BCUT2D eigenvalue weighted by Gasteiger charge is -2.24. The molecule has 0 bridgehead atoms. The van der Waals surface area contributed by atoms with Gasteiger partial charge in [-0.25, -0.2) is 0 Å². The van der Waals surface area contributed by atoms with E-state index in [1.54, 1.807) is 0 Å². The molecule has 1 aromatic carbocycles. The second-order valence-electron chi connectivity index (χ2n) is 5.27. The monoisotopic (exact) mass is 310 g/mol. The molecule has 2 aromatic rings.